The van der Waals surface area contributed by atoms with E-state index in [1.807, 2.05) is 13.0 Å². The van der Waals surface area contributed by atoms with Crippen molar-refractivity contribution in [1.82, 2.24) is 14.2 Å². The molecule has 0 saturated carbocycles. The zero-order valence-electron chi connectivity index (χ0n) is 20.4. The average Bonchev–Trinajstić information content (AvgIpc) is 3.40. The predicted molar refractivity (Wildman–Crippen MR) is 133 cm³/mol. The van der Waals surface area contributed by atoms with Crippen molar-refractivity contribution < 1.29 is 23.1 Å². The smallest absolute Gasteiger partial charge is 0.272 e. The van der Waals surface area contributed by atoms with E-state index in [4.69, 9.17) is 4.74 Å². The summed E-state index contributed by atoms with van der Waals surface area (Å²) in [6.45, 7) is 3.72. The number of carbonyl (C=O) groups excluding carboxylic acids is 1. The van der Waals surface area contributed by atoms with E-state index in [1.165, 1.54) is 9.88 Å². The van der Waals surface area contributed by atoms with E-state index in [2.05, 4.69) is 11.1 Å². The van der Waals surface area contributed by atoms with Gasteiger partial charge in [0.05, 0.1) is 13.2 Å². The van der Waals surface area contributed by atoms with Gasteiger partial charge in [-0.1, -0.05) is 25.1 Å². The van der Waals surface area contributed by atoms with Gasteiger partial charge in [-0.3, -0.25) is 9.78 Å². The first-order valence-corrected chi connectivity index (χ1v) is 13.5. The highest BCUT2D eigenvalue weighted by Crippen LogP contribution is 2.37. The molecule has 0 fully saturated rings. The predicted octanol–water partition coefficient (Wildman–Crippen LogP) is 3.19. The molecule has 4 rings (SSSR count). The molecule has 2 heterocycles. The minimum atomic E-state index is -3.90. The molecule has 0 bridgehead atoms. The van der Waals surface area contributed by atoms with Crippen molar-refractivity contribution in [3.8, 4) is 5.75 Å². The summed E-state index contributed by atoms with van der Waals surface area (Å²) in [5.41, 5.74) is 2.47. The number of amides is 1. The maximum Gasteiger partial charge on any atom is 0.272 e. The number of ether oxygens (including phenoxy) is 1. The SMILES string of the molecule is C[C@@H]1CN([C@H](C)CO)S(=O)(=O)c2ccc(C3=CCCC3)cc2O[C@@H]1CN(C)C(=O)c1ccccn1. The zero-order valence-corrected chi connectivity index (χ0v) is 21.2. The van der Waals surface area contributed by atoms with Crippen LogP contribution >= 0.6 is 0 Å². The summed E-state index contributed by atoms with van der Waals surface area (Å²) in [7, 11) is -2.21. The van der Waals surface area contributed by atoms with Gasteiger partial charge in [0.1, 0.15) is 22.4 Å². The summed E-state index contributed by atoms with van der Waals surface area (Å²) in [5.74, 6) is -0.206. The van der Waals surface area contributed by atoms with Crippen molar-refractivity contribution in [3.05, 3.63) is 59.9 Å². The van der Waals surface area contributed by atoms with Crippen molar-refractivity contribution in [2.24, 2.45) is 5.92 Å². The monoisotopic (exact) mass is 499 g/mol. The molecular formula is C26H33N3O5S. The molecule has 3 atom stereocenters. The standard InChI is InChI=1S/C26H33N3O5S/c1-18-15-29(19(2)17-30)35(32,33)25-12-11-21(20-8-4-5-9-20)14-23(25)34-24(18)16-28(3)26(31)22-10-6-7-13-27-22/h6-8,10-14,18-19,24,30H,4-5,9,15-17H2,1-3H3/t18-,19-,24-/m1/s1. The topological polar surface area (TPSA) is 100 Å². The number of carbonyl (C=O) groups is 1. The molecule has 188 valence electrons. The van der Waals surface area contributed by atoms with Crippen molar-refractivity contribution in [2.75, 3.05) is 26.7 Å². The highest BCUT2D eigenvalue weighted by molar-refractivity contribution is 7.89. The van der Waals surface area contributed by atoms with Crippen molar-refractivity contribution >= 4 is 21.5 Å². The third kappa shape index (κ3) is 5.27. The molecule has 1 aliphatic carbocycles. The van der Waals surface area contributed by atoms with Crippen LogP contribution in [-0.2, 0) is 10.0 Å². The number of benzene rings is 1. The van der Waals surface area contributed by atoms with Gasteiger partial charge >= 0.3 is 0 Å². The Morgan fingerprint density at radius 2 is 2.11 bits per heavy atom. The number of hydrogen-bond acceptors (Lipinski definition) is 6. The summed E-state index contributed by atoms with van der Waals surface area (Å²) in [5, 5.41) is 9.81. The van der Waals surface area contributed by atoms with E-state index < -0.39 is 22.2 Å². The first kappa shape index (κ1) is 25.3. The second kappa shape index (κ2) is 10.5. The molecule has 0 radical (unpaired) electrons. The molecule has 1 N–H and O–H groups in total. The van der Waals surface area contributed by atoms with E-state index in [1.54, 1.807) is 55.4 Å². The molecule has 35 heavy (non-hydrogen) atoms. The van der Waals surface area contributed by atoms with Crippen LogP contribution in [0.2, 0.25) is 0 Å². The molecule has 0 spiro atoms. The lowest BCUT2D eigenvalue weighted by atomic mass is 10.0. The van der Waals surface area contributed by atoms with Gasteiger partial charge in [0.15, 0.2) is 0 Å². The van der Waals surface area contributed by atoms with Crippen LogP contribution in [0.4, 0.5) is 0 Å². The Bertz CT molecular complexity index is 1200. The molecule has 1 aromatic heterocycles. The normalized spacial score (nSPS) is 22.8. The number of pyridine rings is 1. The Kier molecular flexibility index (Phi) is 7.59. The quantitative estimate of drug-likeness (QED) is 0.655. The lowest BCUT2D eigenvalue weighted by molar-refractivity contribution is 0.0559. The number of likely N-dealkylation sites (N-methyl/N-ethyl adjacent to an activating group) is 1. The fourth-order valence-corrected chi connectivity index (χ4v) is 6.44. The fourth-order valence-electron chi connectivity index (χ4n) is 4.61. The number of aromatic nitrogens is 1. The number of aliphatic hydroxyl groups excluding tert-OH is 1. The average molecular weight is 500 g/mol. The molecule has 1 aromatic carbocycles. The maximum atomic E-state index is 13.6. The third-order valence-corrected chi connectivity index (χ3v) is 8.78. The molecule has 9 heteroatoms. The van der Waals surface area contributed by atoms with Gasteiger partial charge in [-0.25, -0.2) is 8.42 Å². The molecular weight excluding hydrogens is 466 g/mol. The molecule has 8 nitrogen and oxygen atoms in total. The number of hydrogen-bond donors (Lipinski definition) is 1. The molecule has 1 aliphatic heterocycles. The van der Waals surface area contributed by atoms with Gasteiger partial charge in [0, 0.05) is 31.7 Å². The lowest BCUT2D eigenvalue weighted by Gasteiger charge is -2.37. The van der Waals surface area contributed by atoms with Gasteiger partial charge in [0.25, 0.3) is 5.91 Å². The van der Waals surface area contributed by atoms with Crippen LogP contribution in [0.5, 0.6) is 5.75 Å². The highest BCUT2D eigenvalue weighted by Gasteiger charge is 2.38. The lowest BCUT2D eigenvalue weighted by Crippen LogP contribution is -2.50. The van der Waals surface area contributed by atoms with Crippen LogP contribution in [0, 0.1) is 5.92 Å². The minimum absolute atomic E-state index is 0.0794. The van der Waals surface area contributed by atoms with Gasteiger partial charge in [-0.15, -0.1) is 0 Å². The number of sulfonamides is 1. The largest absolute Gasteiger partial charge is 0.487 e. The van der Waals surface area contributed by atoms with E-state index in [-0.39, 0.29) is 42.2 Å². The fraction of sp³-hybridized carbons (Fsp3) is 0.462. The first-order chi connectivity index (χ1) is 16.7. The Morgan fingerprint density at radius 1 is 1.31 bits per heavy atom. The van der Waals surface area contributed by atoms with Gasteiger partial charge in [0.2, 0.25) is 10.0 Å². The zero-order chi connectivity index (χ0) is 25.2. The van der Waals surface area contributed by atoms with E-state index in [0.29, 0.717) is 5.69 Å². The Morgan fingerprint density at radius 3 is 2.77 bits per heavy atom. The summed E-state index contributed by atoms with van der Waals surface area (Å²) in [4.78, 5) is 18.7. The Balaban J connectivity index is 1.72. The molecule has 2 aromatic rings. The van der Waals surface area contributed by atoms with Crippen molar-refractivity contribution in [1.29, 1.82) is 0 Å². The van der Waals surface area contributed by atoms with Crippen LogP contribution in [0.1, 0.15) is 49.2 Å². The van der Waals surface area contributed by atoms with Crippen LogP contribution in [0.15, 0.2) is 53.6 Å². The van der Waals surface area contributed by atoms with Gasteiger partial charge in [-0.05, 0) is 61.6 Å². The van der Waals surface area contributed by atoms with Crippen molar-refractivity contribution in [2.45, 2.75) is 50.2 Å². The van der Waals surface area contributed by atoms with E-state index in [0.717, 1.165) is 24.8 Å². The minimum Gasteiger partial charge on any atom is -0.487 e. The summed E-state index contributed by atoms with van der Waals surface area (Å²) in [6, 6.07) is 9.81. The molecule has 0 saturated heterocycles. The number of rotatable bonds is 6. The molecule has 1 amide bonds. The number of nitrogens with zero attached hydrogens (tertiary/aromatic N) is 3. The number of aliphatic hydroxyl groups is 1. The second-order valence-corrected chi connectivity index (χ2v) is 11.3. The maximum absolute atomic E-state index is 13.6. The molecule has 2 aliphatic rings. The summed E-state index contributed by atoms with van der Waals surface area (Å²) >= 11 is 0. The summed E-state index contributed by atoms with van der Waals surface area (Å²) < 4.78 is 35.0. The number of fused-ring (bicyclic) bond motifs is 1. The van der Waals surface area contributed by atoms with Crippen LogP contribution in [0.3, 0.4) is 0 Å². The van der Waals surface area contributed by atoms with Crippen LogP contribution in [-0.4, -0.2) is 72.5 Å². The van der Waals surface area contributed by atoms with Gasteiger partial charge in [-0.2, -0.15) is 4.31 Å². The highest BCUT2D eigenvalue weighted by atomic mass is 32.2. The molecule has 0 unspecified atom stereocenters. The Hall–Kier alpha value is -2.75. The second-order valence-electron chi connectivity index (χ2n) is 9.42. The Labute approximate surface area is 207 Å². The van der Waals surface area contributed by atoms with Crippen molar-refractivity contribution in [3.63, 3.8) is 0 Å². The van der Waals surface area contributed by atoms with Crippen LogP contribution in [0.25, 0.3) is 5.57 Å². The summed E-state index contributed by atoms with van der Waals surface area (Å²) in [6.07, 6.45) is 6.31. The van der Waals surface area contributed by atoms with E-state index in [9.17, 15) is 18.3 Å². The first-order valence-electron chi connectivity index (χ1n) is 12.0. The number of allylic oxidation sites excluding steroid dienone is 2. The van der Waals surface area contributed by atoms with Gasteiger partial charge < -0.3 is 14.7 Å². The van der Waals surface area contributed by atoms with E-state index >= 15 is 0 Å². The third-order valence-electron chi connectivity index (χ3n) is 6.76. The van der Waals surface area contributed by atoms with Crippen LogP contribution < -0.4 is 4.74 Å².